The molecule has 5 nitrogen and oxygen atoms in total. The van der Waals surface area contributed by atoms with E-state index in [1.807, 2.05) is 0 Å². The molecular weight excluding hydrogens is 283 g/mol. The smallest absolute Gasteiger partial charge is 0.445 e. The number of hydrogen-bond acceptors (Lipinski definition) is 6. The fourth-order valence-corrected chi connectivity index (χ4v) is 1.71. The number of hydrogen-bond donors (Lipinski definition) is 1. The molecule has 0 fully saturated rings. The predicted octanol–water partition coefficient (Wildman–Crippen LogP) is 2.70. The van der Waals surface area contributed by atoms with Crippen LogP contribution in [0, 0.1) is 0 Å². The first kappa shape index (κ1) is 15.7. The molecule has 0 spiro atoms. The maximum Gasteiger partial charge on any atom is 0.445 e. The minimum absolute atomic E-state index is 0.0240. The molecule has 19 heavy (non-hydrogen) atoms. The molecule has 1 N–H and O–H groups in total. The van der Waals surface area contributed by atoms with Crippen LogP contribution >= 0.6 is 11.3 Å². The van der Waals surface area contributed by atoms with Crippen molar-refractivity contribution in [1.82, 2.24) is 10.2 Å². The van der Waals surface area contributed by atoms with E-state index in [0.29, 0.717) is 11.3 Å². The second kappa shape index (κ2) is 5.72. The van der Waals surface area contributed by atoms with Gasteiger partial charge in [-0.1, -0.05) is 11.3 Å². The third-order valence-corrected chi connectivity index (χ3v) is 2.62. The summed E-state index contributed by atoms with van der Waals surface area (Å²) in [6, 6.07) is 0. The maximum atomic E-state index is 12.2. The Labute approximate surface area is 112 Å². The SMILES string of the molecule is CC(C)(C)OC(=O)CCNc1nnc(C(F)(F)F)s1. The molecule has 0 amide bonds. The molecule has 0 saturated heterocycles. The monoisotopic (exact) mass is 297 g/mol. The van der Waals surface area contributed by atoms with Gasteiger partial charge >= 0.3 is 12.1 Å². The number of carbonyl (C=O) groups is 1. The summed E-state index contributed by atoms with van der Waals surface area (Å²) >= 11 is 0.394. The van der Waals surface area contributed by atoms with E-state index in [1.54, 1.807) is 20.8 Å². The maximum absolute atomic E-state index is 12.2. The van der Waals surface area contributed by atoms with Crippen LogP contribution in [-0.4, -0.2) is 28.3 Å². The molecule has 9 heteroatoms. The van der Waals surface area contributed by atoms with E-state index in [4.69, 9.17) is 4.74 Å². The fourth-order valence-electron chi connectivity index (χ4n) is 1.07. The summed E-state index contributed by atoms with van der Waals surface area (Å²) in [5, 5.41) is 7.95. The van der Waals surface area contributed by atoms with Gasteiger partial charge in [0.05, 0.1) is 6.42 Å². The van der Waals surface area contributed by atoms with Crippen LogP contribution in [0.15, 0.2) is 0 Å². The summed E-state index contributed by atoms with van der Waals surface area (Å²) in [7, 11) is 0. The van der Waals surface area contributed by atoms with Gasteiger partial charge in [-0.15, -0.1) is 10.2 Å². The molecule has 1 heterocycles. The predicted molar refractivity (Wildman–Crippen MR) is 63.9 cm³/mol. The van der Waals surface area contributed by atoms with E-state index < -0.39 is 22.8 Å². The summed E-state index contributed by atoms with van der Waals surface area (Å²) in [5.41, 5.74) is -0.580. The normalized spacial score (nSPS) is 12.3. The largest absolute Gasteiger partial charge is 0.460 e. The number of alkyl halides is 3. The Bertz CT molecular complexity index is 440. The summed E-state index contributed by atoms with van der Waals surface area (Å²) in [5.74, 6) is -0.430. The molecular formula is C10H14F3N3O2S. The summed E-state index contributed by atoms with van der Waals surface area (Å²) in [6.45, 7) is 5.34. The average Bonchev–Trinajstić information content (AvgIpc) is 2.62. The molecule has 1 rings (SSSR count). The van der Waals surface area contributed by atoms with Crippen LogP contribution in [0.3, 0.4) is 0 Å². The number of anilines is 1. The number of carbonyl (C=O) groups excluding carboxylic acids is 1. The van der Waals surface area contributed by atoms with Gasteiger partial charge in [0.25, 0.3) is 0 Å². The Morgan fingerprint density at radius 2 is 1.95 bits per heavy atom. The first-order valence-corrected chi connectivity index (χ1v) is 6.26. The quantitative estimate of drug-likeness (QED) is 0.866. The molecule has 0 aliphatic carbocycles. The van der Waals surface area contributed by atoms with Crippen LogP contribution in [-0.2, 0) is 15.7 Å². The zero-order valence-corrected chi connectivity index (χ0v) is 11.5. The van der Waals surface area contributed by atoms with E-state index in [-0.39, 0.29) is 18.1 Å². The number of aromatic nitrogens is 2. The molecule has 0 aromatic carbocycles. The summed E-state index contributed by atoms with van der Waals surface area (Å²) in [4.78, 5) is 11.3. The van der Waals surface area contributed by atoms with E-state index in [1.165, 1.54) is 0 Å². The fraction of sp³-hybridized carbons (Fsp3) is 0.700. The third kappa shape index (κ3) is 5.86. The zero-order valence-electron chi connectivity index (χ0n) is 10.7. The number of halogens is 3. The number of nitrogens with zero attached hydrogens (tertiary/aromatic N) is 2. The molecule has 0 atom stereocenters. The standard InChI is InChI=1S/C10H14F3N3O2S/c1-9(2,3)18-6(17)4-5-14-8-16-15-7(19-8)10(11,12)13/h4-5H2,1-3H3,(H,14,16). The lowest BCUT2D eigenvalue weighted by molar-refractivity contribution is -0.154. The molecule has 0 aliphatic rings. The highest BCUT2D eigenvalue weighted by molar-refractivity contribution is 7.15. The van der Waals surface area contributed by atoms with Gasteiger partial charge in [-0.05, 0) is 20.8 Å². The van der Waals surface area contributed by atoms with Crippen molar-refractivity contribution < 1.29 is 22.7 Å². The van der Waals surface area contributed by atoms with Gasteiger partial charge in [-0.2, -0.15) is 13.2 Å². The Hall–Kier alpha value is -1.38. The molecule has 108 valence electrons. The Morgan fingerprint density at radius 3 is 2.42 bits per heavy atom. The van der Waals surface area contributed by atoms with E-state index in [0.717, 1.165) is 0 Å². The number of nitrogens with one attached hydrogen (secondary N) is 1. The molecule has 0 radical (unpaired) electrons. The van der Waals surface area contributed by atoms with Gasteiger partial charge in [0.2, 0.25) is 10.1 Å². The van der Waals surface area contributed by atoms with Crippen LogP contribution in [0.2, 0.25) is 0 Å². The average molecular weight is 297 g/mol. The van der Waals surface area contributed by atoms with Crippen molar-refractivity contribution in [2.75, 3.05) is 11.9 Å². The molecule has 0 bridgehead atoms. The lowest BCUT2D eigenvalue weighted by atomic mass is 10.2. The highest BCUT2D eigenvalue weighted by Gasteiger charge is 2.35. The van der Waals surface area contributed by atoms with Crippen LogP contribution in [0.25, 0.3) is 0 Å². The number of ether oxygens (including phenoxy) is 1. The topological polar surface area (TPSA) is 64.1 Å². The van der Waals surface area contributed by atoms with Crippen LogP contribution in [0.1, 0.15) is 32.2 Å². The Kier molecular flexibility index (Phi) is 4.72. The zero-order chi connectivity index (χ0) is 14.7. The van der Waals surface area contributed by atoms with E-state index in [2.05, 4.69) is 15.5 Å². The van der Waals surface area contributed by atoms with Crippen molar-refractivity contribution >= 4 is 22.4 Å². The highest BCUT2D eigenvalue weighted by Crippen LogP contribution is 2.32. The van der Waals surface area contributed by atoms with Crippen molar-refractivity contribution in [1.29, 1.82) is 0 Å². The van der Waals surface area contributed by atoms with Crippen molar-refractivity contribution in [2.45, 2.75) is 39.0 Å². The van der Waals surface area contributed by atoms with Crippen LogP contribution in [0.5, 0.6) is 0 Å². The molecule has 1 aromatic rings. The van der Waals surface area contributed by atoms with Crippen molar-refractivity contribution in [2.24, 2.45) is 0 Å². The van der Waals surface area contributed by atoms with Crippen molar-refractivity contribution in [3.63, 3.8) is 0 Å². The van der Waals surface area contributed by atoms with Crippen molar-refractivity contribution in [3.8, 4) is 0 Å². The molecule has 0 unspecified atom stereocenters. The molecule has 0 saturated carbocycles. The molecule has 1 aromatic heterocycles. The van der Waals surface area contributed by atoms with Gasteiger partial charge in [-0.25, -0.2) is 0 Å². The summed E-state index contributed by atoms with van der Waals surface area (Å²) in [6.07, 6.45) is -4.46. The number of esters is 1. The van der Waals surface area contributed by atoms with E-state index in [9.17, 15) is 18.0 Å². The lowest BCUT2D eigenvalue weighted by Crippen LogP contribution is -2.25. The second-order valence-corrected chi connectivity index (χ2v) is 5.65. The Morgan fingerprint density at radius 1 is 1.32 bits per heavy atom. The van der Waals surface area contributed by atoms with Crippen LogP contribution < -0.4 is 5.32 Å². The lowest BCUT2D eigenvalue weighted by Gasteiger charge is -2.19. The minimum atomic E-state index is -4.50. The Balaban J connectivity index is 2.38. The molecule has 0 aliphatic heterocycles. The van der Waals surface area contributed by atoms with Crippen molar-refractivity contribution in [3.05, 3.63) is 5.01 Å². The third-order valence-electron chi connectivity index (χ3n) is 1.69. The van der Waals surface area contributed by atoms with Gasteiger partial charge < -0.3 is 10.1 Å². The van der Waals surface area contributed by atoms with Crippen LogP contribution in [0.4, 0.5) is 18.3 Å². The summed E-state index contributed by atoms with van der Waals surface area (Å²) < 4.78 is 41.8. The van der Waals surface area contributed by atoms with Gasteiger partial charge in [0, 0.05) is 6.54 Å². The van der Waals surface area contributed by atoms with Gasteiger partial charge in [0.15, 0.2) is 0 Å². The second-order valence-electron chi connectivity index (χ2n) is 4.67. The highest BCUT2D eigenvalue weighted by atomic mass is 32.1. The van der Waals surface area contributed by atoms with Gasteiger partial charge in [0.1, 0.15) is 5.60 Å². The number of rotatable bonds is 4. The minimum Gasteiger partial charge on any atom is -0.460 e. The van der Waals surface area contributed by atoms with Gasteiger partial charge in [-0.3, -0.25) is 4.79 Å². The van der Waals surface area contributed by atoms with E-state index >= 15 is 0 Å². The first-order chi connectivity index (χ1) is 8.58. The first-order valence-electron chi connectivity index (χ1n) is 5.44.